The Hall–Kier alpha value is -1.42. The Bertz CT molecular complexity index is 1070. The molecule has 1 aliphatic heterocycles. The van der Waals surface area contributed by atoms with Crippen molar-refractivity contribution in [2.24, 2.45) is 0 Å². The first kappa shape index (κ1) is 50.6. The van der Waals surface area contributed by atoms with E-state index in [0.717, 1.165) is 57.8 Å². The molecule has 0 spiro atoms. The number of ether oxygens (including phenoxy) is 2. The third kappa shape index (κ3) is 25.7. The van der Waals surface area contributed by atoms with Crippen LogP contribution in [-0.4, -0.2) is 95.4 Å². The lowest BCUT2D eigenvalue weighted by Gasteiger charge is -2.41. The Balaban J connectivity index is 2.52. The molecule has 0 saturated carbocycles. The van der Waals surface area contributed by atoms with E-state index in [1.807, 2.05) is 0 Å². The van der Waals surface area contributed by atoms with Crippen LogP contribution < -0.4 is 5.32 Å². The van der Waals surface area contributed by atoms with Gasteiger partial charge in [-0.1, -0.05) is 147 Å². The Morgan fingerprint density at radius 2 is 1.24 bits per heavy atom. The molecule has 1 amide bonds. The molecule has 1 heterocycles. The summed E-state index contributed by atoms with van der Waals surface area (Å²) in [6, 6.07) is -0.858. The average Bonchev–Trinajstić information content (AvgIpc) is 3.14. The van der Waals surface area contributed by atoms with Gasteiger partial charge in [0.25, 0.3) is 0 Å². The Morgan fingerprint density at radius 3 is 1.80 bits per heavy atom. The van der Waals surface area contributed by atoms with Crippen LogP contribution in [0.5, 0.6) is 0 Å². The number of rotatable bonds is 35. The molecule has 318 valence electrons. The molecule has 0 radical (unpaired) electrons. The van der Waals surface area contributed by atoms with Crippen molar-refractivity contribution in [1.29, 1.82) is 0 Å². The molecule has 1 aliphatic rings. The van der Waals surface area contributed by atoms with Gasteiger partial charge in [-0.3, -0.25) is 9.35 Å². The Morgan fingerprint density at radius 1 is 0.741 bits per heavy atom. The SMILES string of the molecule is CCCCC/C=C\C/C=C\CCCCCCCCCC(=O)NC(COC1OC(CO)C(O)C(OS(=O)(=O)O)C1O)C(O)CCCCCCCCCCCC. The minimum Gasteiger partial charge on any atom is -0.394 e. The molecule has 0 aromatic heterocycles. The zero-order valence-corrected chi connectivity index (χ0v) is 34.4. The second kappa shape index (κ2) is 32.6. The molecule has 0 aromatic rings. The van der Waals surface area contributed by atoms with Gasteiger partial charge in [-0.15, -0.1) is 0 Å². The molecule has 1 saturated heterocycles. The summed E-state index contributed by atoms with van der Waals surface area (Å²) in [4.78, 5) is 13.0. The molecule has 54 heavy (non-hydrogen) atoms. The van der Waals surface area contributed by atoms with Crippen molar-refractivity contribution in [3.8, 4) is 0 Å². The summed E-state index contributed by atoms with van der Waals surface area (Å²) in [5.41, 5.74) is 0. The van der Waals surface area contributed by atoms with Crippen molar-refractivity contribution < 1.29 is 51.8 Å². The third-order valence-corrected chi connectivity index (χ3v) is 10.5. The quantitative estimate of drug-likeness (QED) is 0.0213. The zero-order chi connectivity index (χ0) is 39.9. The minimum absolute atomic E-state index is 0.241. The van der Waals surface area contributed by atoms with Crippen molar-refractivity contribution in [3.05, 3.63) is 24.3 Å². The summed E-state index contributed by atoms with van der Waals surface area (Å²) in [5, 5.41) is 44.6. The maximum Gasteiger partial charge on any atom is 0.397 e. The lowest BCUT2D eigenvalue weighted by atomic mass is 9.99. The van der Waals surface area contributed by atoms with Crippen LogP contribution in [0.15, 0.2) is 24.3 Å². The van der Waals surface area contributed by atoms with E-state index in [1.54, 1.807) is 0 Å². The molecule has 0 bridgehead atoms. The zero-order valence-electron chi connectivity index (χ0n) is 33.5. The van der Waals surface area contributed by atoms with Gasteiger partial charge in [0.1, 0.15) is 24.4 Å². The molecular formula is C41H77NO11S. The van der Waals surface area contributed by atoms with Crippen LogP contribution in [0.2, 0.25) is 0 Å². The van der Waals surface area contributed by atoms with Gasteiger partial charge in [-0.25, -0.2) is 4.18 Å². The fourth-order valence-electron chi connectivity index (χ4n) is 6.66. The van der Waals surface area contributed by atoms with Crippen molar-refractivity contribution in [2.75, 3.05) is 13.2 Å². The number of aliphatic hydroxyl groups excluding tert-OH is 4. The normalized spacial score (nSPS) is 21.9. The van der Waals surface area contributed by atoms with Crippen molar-refractivity contribution in [2.45, 2.75) is 217 Å². The summed E-state index contributed by atoms with van der Waals surface area (Å²) in [6.45, 7) is 3.37. The molecule has 7 atom stereocenters. The van der Waals surface area contributed by atoms with Crippen molar-refractivity contribution >= 4 is 16.3 Å². The van der Waals surface area contributed by atoms with Crippen LogP contribution in [0.3, 0.4) is 0 Å². The van der Waals surface area contributed by atoms with Crippen LogP contribution >= 0.6 is 0 Å². The van der Waals surface area contributed by atoms with E-state index in [-0.39, 0.29) is 18.9 Å². The highest BCUT2D eigenvalue weighted by Crippen LogP contribution is 2.26. The van der Waals surface area contributed by atoms with Crippen LogP contribution in [0, 0.1) is 0 Å². The first-order chi connectivity index (χ1) is 26.0. The molecule has 1 fully saturated rings. The first-order valence-corrected chi connectivity index (χ1v) is 22.6. The van der Waals surface area contributed by atoms with Crippen LogP contribution in [0.4, 0.5) is 0 Å². The number of amides is 1. The predicted octanol–water partition coefficient (Wildman–Crippen LogP) is 7.38. The highest BCUT2D eigenvalue weighted by molar-refractivity contribution is 7.80. The summed E-state index contributed by atoms with van der Waals surface area (Å²) < 4.78 is 47.5. The summed E-state index contributed by atoms with van der Waals surface area (Å²) in [6.07, 6.45) is 26.1. The molecule has 1 rings (SSSR count). The number of nitrogens with one attached hydrogen (secondary N) is 1. The second-order valence-electron chi connectivity index (χ2n) is 14.9. The van der Waals surface area contributed by atoms with E-state index in [2.05, 4.69) is 47.7 Å². The van der Waals surface area contributed by atoms with Crippen molar-refractivity contribution in [1.82, 2.24) is 5.32 Å². The van der Waals surface area contributed by atoms with E-state index in [9.17, 15) is 33.6 Å². The predicted molar refractivity (Wildman–Crippen MR) is 213 cm³/mol. The third-order valence-electron chi connectivity index (χ3n) is 10.0. The minimum atomic E-state index is -5.07. The summed E-state index contributed by atoms with van der Waals surface area (Å²) >= 11 is 0. The lowest BCUT2D eigenvalue weighted by molar-refractivity contribution is -0.298. The average molecular weight is 792 g/mol. The highest BCUT2D eigenvalue weighted by atomic mass is 32.3. The summed E-state index contributed by atoms with van der Waals surface area (Å²) in [5.74, 6) is -0.241. The Labute approximate surface area is 327 Å². The molecule has 12 nitrogen and oxygen atoms in total. The standard InChI is InChI=1S/C41H77NO11S/c1-3-5-7-9-11-13-15-16-17-18-19-20-21-23-25-27-29-31-37(45)42-34(35(44)30-28-26-24-22-14-12-10-8-6-4-2)33-51-41-39(47)40(53-54(48,49)50)38(46)36(32-43)52-41/h11,13,16-17,34-36,38-41,43-44,46-47H,3-10,12,14-15,18-33H2,1-2H3,(H,42,45)(H,48,49,50)/b13-11-,17-16-. The van der Waals surface area contributed by atoms with Gasteiger partial charge in [0.2, 0.25) is 5.91 Å². The number of hydrogen-bond donors (Lipinski definition) is 6. The number of hydrogen-bond acceptors (Lipinski definition) is 10. The van der Waals surface area contributed by atoms with E-state index in [4.69, 9.17) is 14.0 Å². The number of carbonyl (C=O) groups is 1. The van der Waals surface area contributed by atoms with Gasteiger partial charge in [0, 0.05) is 6.42 Å². The molecular weight excluding hydrogens is 715 g/mol. The van der Waals surface area contributed by atoms with Crippen LogP contribution in [-0.2, 0) is 28.9 Å². The second-order valence-corrected chi connectivity index (χ2v) is 16.0. The first-order valence-electron chi connectivity index (χ1n) is 21.2. The lowest BCUT2D eigenvalue weighted by Crippen LogP contribution is -2.61. The smallest absolute Gasteiger partial charge is 0.394 e. The maximum absolute atomic E-state index is 13.0. The monoisotopic (exact) mass is 792 g/mol. The topological polar surface area (TPSA) is 192 Å². The van der Waals surface area contributed by atoms with E-state index in [1.165, 1.54) is 83.5 Å². The molecule has 6 N–H and O–H groups in total. The van der Waals surface area contributed by atoms with Gasteiger partial charge in [0.15, 0.2) is 6.29 Å². The number of aliphatic hydroxyl groups is 4. The van der Waals surface area contributed by atoms with Gasteiger partial charge in [-0.05, 0) is 44.9 Å². The van der Waals surface area contributed by atoms with Crippen LogP contribution in [0.25, 0.3) is 0 Å². The van der Waals surface area contributed by atoms with Gasteiger partial charge in [-0.2, -0.15) is 8.42 Å². The largest absolute Gasteiger partial charge is 0.397 e. The fraction of sp³-hybridized carbons (Fsp3) is 0.878. The number of carbonyl (C=O) groups excluding carboxylic acids is 1. The van der Waals surface area contributed by atoms with E-state index < -0.39 is 59.9 Å². The van der Waals surface area contributed by atoms with Gasteiger partial charge < -0.3 is 35.2 Å². The molecule has 13 heteroatoms. The number of unbranched alkanes of at least 4 members (excludes halogenated alkanes) is 19. The molecule has 0 aromatic carbocycles. The van der Waals surface area contributed by atoms with E-state index in [0.29, 0.717) is 12.8 Å². The number of allylic oxidation sites excluding steroid dienone is 4. The fourth-order valence-corrected chi connectivity index (χ4v) is 7.17. The molecule has 7 unspecified atom stereocenters. The van der Waals surface area contributed by atoms with E-state index >= 15 is 0 Å². The Kier molecular flexibility index (Phi) is 30.6. The molecule has 0 aliphatic carbocycles. The highest BCUT2D eigenvalue weighted by Gasteiger charge is 2.48. The van der Waals surface area contributed by atoms with Gasteiger partial charge >= 0.3 is 10.4 Å². The maximum atomic E-state index is 13.0. The summed E-state index contributed by atoms with van der Waals surface area (Å²) in [7, 11) is -5.07. The van der Waals surface area contributed by atoms with Gasteiger partial charge in [0.05, 0.1) is 25.4 Å². The van der Waals surface area contributed by atoms with Crippen molar-refractivity contribution in [3.63, 3.8) is 0 Å². The van der Waals surface area contributed by atoms with Crippen LogP contribution in [0.1, 0.15) is 174 Å².